The van der Waals surface area contributed by atoms with Gasteiger partial charge in [0.15, 0.2) is 23.6 Å². The lowest BCUT2D eigenvalue weighted by molar-refractivity contribution is -0.130. The van der Waals surface area contributed by atoms with Crippen LogP contribution in [0.25, 0.3) is 5.70 Å². The van der Waals surface area contributed by atoms with E-state index in [2.05, 4.69) is 5.48 Å². The van der Waals surface area contributed by atoms with Crippen LogP contribution in [-0.2, 0) is 9.63 Å². The third-order valence-corrected chi connectivity index (χ3v) is 5.63. The van der Waals surface area contributed by atoms with Crippen molar-refractivity contribution in [1.82, 2.24) is 5.48 Å². The Bertz CT molecular complexity index is 1010. The van der Waals surface area contributed by atoms with Crippen LogP contribution in [0.4, 0.5) is 4.39 Å². The van der Waals surface area contributed by atoms with E-state index in [0.29, 0.717) is 28.1 Å². The molecule has 0 saturated carbocycles. The van der Waals surface area contributed by atoms with Gasteiger partial charge < -0.3 is 0 Å². The number of nitrogens with zero attached hydrogens (tertiary/aromatic N) is 1. The van der Waals surface area contributed by atoms with Crippen LogP contribution in [0.15, 0.2) is 59.0 Å². The summed E-state index contributed by atoms with van der Waals surface area (Å²) in [5.74, 6) is -2.59. The van der Waals surface area contributed by atoms with Crippen LogP contribution in [0.5, 0.6) is 0 Å². The Hall–Kier alpha value is -2.95. The van der Waals surface area contributed by atoms with E-state index < -0.39 is 29.4 Å². The SMILES string of the molecule is N#CC(C(=O)c1ccccc1)C(=O)C1ONC2=C1CSc1ccc(F)cc12. The summed E-state index contributed by atoms with van der Waals surface area (Å²) in [5.41, 5.74) is 4.74. The summed E-state index contributed by atoms with van der Waals surface area (Å²) >= 11 is 1.45. The molecular formula is C20H13FN2O3S. The predicted molar refractivity (Wildman–Crippen MR) is 96.9 cm³/mol. The highest BCUT2D eigenvalue weighted by atomic mass is 32.2. The van der Waals surface area contributed by atoms with Gasteiger partial charge >= 0.3 is 0 Å². The molecule has 4 rings (SSSR count). The maximum Gasteiger partial charge on any atom is 0.193 e. The Kier molecular flexibility index (Phi) is 4.52. The lowest BCUT2D eigenvalue weighted by Gasteiger charge is -2.19. The standard InChI is InChI=1S/C20H13FN2O3S/c21-12-6-7-16-13(8-12)17-15(10-27-16)20(26-23-17)19(25)14(9-22)18(24)11-4-2-1-3-5-11/h1-8,14,20,23H,10H2. The molecule has 2 aromatic carbocycles. The van der Waals surface area contributed by atoms with Gasteiger partial charge in [-0.2, -0.15) is 5.26 Å². The van der Waals surface area contributed by atoms with Crippen LogP contribution in [-0.4, -0.2) is 23.4 Å². The highest BCUT2D eigenvalue weighted by Crippen LogP contribution is 2.41. The summed E-state index contributed by atoms with van der Waals surface area (Å²) in [4.78, 5) is 31.8. The molecule has 0 radical (unpaired) electrons. The second kappa shape index (κ2) is 6.99. The van der Waals surface area contributed by atoms with Gasteiger partial charge in [-0.15, -0.1) is 11.8 Å². The number of ketones is 2. The van der Waals surface area contributed by atoms with Crippen molar-refractivity contribution in [2.45, 2.75) is 11.0 Å². The average molecular weight is 380 g/mol. The highest BCUT2D eigenvalue weighted by molar-refractivity contribution is 7.99. The second-order valence-corrected chi connectivity index (χ2v) is 7.14. The highest BCUT2D eigenvalue weighted by Gasteiger charge is 2.41. The summed E-state index contributed by atoms with van der Waals surface area (Å²) < 4.78 is 13.6. The topological polar surface area (TPSA) is 79.2 Å². The van der Waals surface area contributed by atoms with Gasteiger partial charge in [0.05, 0.1) is 11.8 Å². The van der Waals surface area contributed by atoms with Gasteiger partial charge in [0.2, 0.25) is 0 Å². The summed E-state index contributed by atoms with van der Waals surface area (Å²) in [7, 11) is 0. The average Bonchev–Trinajstić information content (AvgIpc) is 3.13. The molecule has 0 saturated heterocycles. The summed E-state index contributed by atoms with van der Waals surface area (Å²) in [6.45, 7) is 0. The third kappa shape index (κ3) is 3.03. The van der Waals surface area contributed by atoms with Crippen molar-refractivity contribution in [2.75, 3.05) is 5.75 Å². The Morgan fingerprint density at radius 3 is 2.78 bits per heavy atom. The molecule has 134 valence electrons. The lowest BCUT2D eigenvalue weighted by Crippen LogP contribution is -2.35. The van der Waals surface area contributed by atoms with Crippen molar-refractivity contribution in [1.29, 1.82) is 5.26 Å². The van der Waals surface area contributed by atoms with Gasteiger partial charge in [-0.25, -0.2) is 4.39 Å². The molecule has 0 amide bonds. The molecule has 0 fully saturated rings. The number of benzene rings is 2. The van der Waals surface area contributed by atoms with Crippen molar-refractivity contribution in [2.24, 2.45) is 5.92 Å². The largest absolute Gasteiger partial charge is 0.294 e. The molecule has 0 aromatic heterocycles. The molecule has 2 heterocycles. The van der Waals surface area contributed by atoms with E-state index >= 15 is 0 Å². The van der Waals surface area contributed by atoms with Crippen LogP contribution < -0.4 is 5.48 Å². The number of carbonyl (C=O) groups is 2. The number of fused-ring (bicyclic) bond motifs is 2. The quantitative estimate of drug-likeness (QED) is 0.649. The van der Waals surface area contributed by atoms with Crippen LogP contribution in [0.1, 0.15) is 15.9 Å². The fraction of sp³-hybridized carbons (Fsp3) is 0.150. The molecule has 5 nitrogen and oxygen atoms in total. The normalized spacial score (nSPS) is 18.7. The Morgan fingerprint density at radius 2 is 2.04 bits per heavy atom. The minimum absolute atomic E-state index is 0.294. The van der Waals surface area contributed by atoms with Crippen molar-refractivity contribution >= 4 is 29.0 Å². The molecular weight excluding hydrogens is 367 g/mol. The zero-order chi connectivity index (χ0) is 19.0. The van der Waals surface area contributed by atoms with Gasteiger partial charge in [-0.3, -0.25) is 19.9 Å². The number of hydroxylamine groups is 1. The third-order valence-electron chi connectivity index (χ3n) is 4.50. The molecule has 0 bridgehead atoms. The number of carbonyl (C=O) groups excluding carboxylic acids is 2. The molecule has 2 unspecified atom stereocenters. The van der Waals surface area contributed by atoms with Crippen LogP contribution in [0, 0.1) is 23.1 Å². The van der Waals surface area contributed by atoms with Crippen LogP contribution in [0.3, 0.4) is 0 Å². The predicted octanol–water partition coefficient (Wildman–Crippen LogP) is 3.14. The number of rotatable bonds is 4. The number of thioether (sulfide) groups is 1. The molecule has 0 aliphatic carbocycles. The van der Waals surface area contributed by atoms with Gasteiger partial charge in [0, 0.05) is 27.3 Å². The molecule has 7 heteroatoms. The minimum atomic E-state index is -1.47. The van der Waals surface area contributed by atoms with E-state index in [1.165, 1.54) is 23.9 Å². The molecule has 2 atom stereocenters. The van der Waals surface area contributed by atoms with Crippen LogP contribution in [0.2, 0.25) is 0 Å². The first-order valence-corrected chi connectivity index (χ1v) is 9.18. The van der Waals surface area contributed by atoms with Gasteiger partial charge in [0.1, 0.15) is 5.82 Å². The number of hydrogen-bond acceptors (Lipinski definition) is 6. The van der Waals surface area contributed by atoms with Crippen LogP contribution >= 0.6 is 11.8 Å². The molecule has 27 heavy (non-hydrogen) atoms. The van der Waals surface area contributed by atoms with E-state index in [0.717, 1.165) is 4.90 Å². The number of Topliss-reactive ketones (excluding diaryl/α,β-unsaturated/α-hetero) is 2. The van der Waals surface area contributed by atoms with E-state index in [4.69, 9.17) is 4.84 Å². The number of hydrogen-bond donors (Lipinski definition) is 1. The van der Waals surface area contributed by atoms with Crippen molar-refractivity contribution in [3.8, 4) is 6.07 Å². The Labute approximate surface area is 158 Å². The first-order chi connectivity index (χ1) is 13.1. The number of nitrogens with one attached hydrogen (secondary N) is 1. The molecule has 2 aliphatic heterocycles. The lowest BCUT2D eigenvalue weighted by atomic mass is 9.89. The molecule has 2 aromatic rings. The van der Waals surface area contributed by atoms with E-state index in [1.54, 1.807) is 42.5 Å². The maximum atomic E-state index is 13.6. The number of halogens is 1. The van der Waals surface area contributed by atoms with E-state index in [1.807, 2.05) is 0 Å². The second-order valence-electron chi connectivity index (χ2n) is 6.12. The smallest absolute Gasteiger partial charge is 0.193 e. The molecule has 2 aliphatic rings. The summed E-state index contributed by atoms with van der Waals surface area (Å²) in [5, 5.41) is 9.44. The zero-order valence-electron chi connectivity index (χ0n) is 13.9. The monoisotopic (exact) mass is 380 g/mol. The van der Waals surface area contributed by atoms with Gasteiger partial charge in [-0.1, -0.05) is 30.3 Å². The fourth-order valence-corrected chi connectivity index (χ4v) is 4.23. The maximum absolute atomic E-state index is 13.6. The fourth-order valence-electron chi connectivity index (χ4n) is 3.14. The molecule has 1 N–H and O–H groups in total. The first-order valence-electron chi connectivity index (χ1n) is 8.20. The van der Waals surface area contributed by atoms with E-state index in [-0.39, 0.29) is 0 Å². The zero-order valence-corrected chi connectivity index (χ0v) is 14.8. The summed E-state index contributed by atoms with van der Waals surface area (Å²) in [6, 6.07) is 14.4. The Morgan fingerprint density at radius 1 is 1.26 bits per heavy atom. The van der Waals surface area contributed by atoms with Gasteiger partial charge in [-0.05, 0) is 18.2 Å². The van der Waals surface area contributed by atoms with Gasteiger partial charge in [0.25, 0.3) is 0 Å². The van der Waals surface area contributed by atoms with Crippen molar-refractivity contribution in [3.05, 3.63) is 71.0 Å². The first kappa shape index (κ1) is 17.5. The molecule has 0 spiro atoms. The Balaban J connectivity index is 1.65. The van der Waals surface area contributed by atoms with E-state index in [9.17, 15) is 19.2 Å². The minimum Gasteiger partial charge on any atom is -0.294 e. The van der Waals surface area contributed by atoms with Crippen molar-refractivity contribution < 1.29 is 18.8 Å². The summed E-state index contributed by atoms with van der Waals surface area (Å²) in [6.07, 6.45) is -1.05. The number of nitriles is 1. The van der Waals surface area contributed by atoms with Crippen molar-refractivity contribution in [3.63, 3.8) is 0 Å².